The van der Waals surface area contributed by atoms with Crippen LogP contribution in [0.4, 0.5) is 0 Å². The first-order valence-electron chi connectivity index (χ1n) is 3.63. The van der Waals surface area contributed by atoms with Gasteiger partial charge in [0.2, 0.25) is 0 Å². The average Bonchev–Trinajstić information content (AvgIpc) is 1.85. The Balaban J connectivity index is 3.21. The normalized spacial score (nSPS) is 13.1. The number of hydrogen-bond acceptors (Lipinski definition) is 1. The molecule has 1 aromatic carbocycles. The van der Waals surface area contributed by atoms with Crippen molar-refractivity contribution < 1.29 is 0 Å². The molecule has 0 saturated heterocycles. The molecule has 0 heterocycles. The van der Waals surface area contributed by atoms with E-state index in [9.17, 15) is 0 Å². The van der Waals surface area contributed by atoms with Crippen LogP contribution in [-0.2, 0) is 0 Å². The van der Waals surface area contributed by atoms with E-state index in [1.807, 2.05) is 32.0 Å². The SMILES string of the molecule is Cc1cccc(Cl)c1[C@H](C)N. The molecule has 1 nitrogen and oxygen atoms in total. The van der Waals surface area contributed by atoms with Crippen molar-refractivity contribution in [2.75, 3.05) is 0 Å². The lowest BCUT2D eigenvalue weighted by molar-refractivity contribution is 0.810. The minimum Gasteiger partial charge on any atom is -0.324 e. The smallest absolute Gasteiger partial charge is 0.0456 e. The Morgan fingerprint density at radius 1 is 1.45 bits per heavy atom. The molecular formula is C9H12ClN. The summed E-state index contributed by atoms with van der Waals surface area (Å²) in [6.07, 6.45) is 0. The van der Waals surface area contributed by atoms with Crippen molar-refractivity contribution in [3.8, 4) is 0 Å². The fourth-order valence-corrected chi connectivity index (χ4v) is 1.62. The molecule has 0 radical (unpaired) electrons. The Morgan fingerprint density at radius 3 is 2.45 bits per heavy atom. The highest BCUT2D eigenvalue weighted by Gasteiger charge is 2.06. The quantitative estimate of drug-likeness (QED) is 0.688. The van der Waals surface area contributed by atoms with Crippen LogP contribution in [0.3, 0.4) is 0 Å². The Morgan fingerprint density at radius 2 is 2.09 bits per heavy atom. The summed E-state index contributed by atoms with van der Waals surface area (Å²) in [4.78, 5) is 0. The van der Waals surface area contributed by atoms with Gasteiger partial charge in [-0.05, 0) is 31.0 Å². The van der Waals surface area contributed by atoms with Gasteiger partial charge in [0.05, 0.1) is 0 Å². The topological polar surface area (TPSA) is 26.0 Å². The van der Waals surface area contributed by atoms with Crippen LogP contribution in [0, 0.1) is 6.92 Å². The van der Waals surface area contributed by atoms with Gasteiger partial charge in [0.15, 0.2) is 0 Å². The van der Waals surface area contributed by atoms with E-state index in [1.54, 1.807) is 0 Å². The number of hydrogen-bond donors (Lipinski definition) is 1. The molecule has 0 bridgehead atoms. The molecule has 2 heteroatoms. The van der Waals surface area contributed by atoms with Crippen LogP contribution in [0.25, 0.3) is 0 Å². The Hall–Kier alpha value is -0.530. The van der Waals surface area contributed by atoms with Gasteiger partial charge < -0.3 is 5.73 Å². The third-order valence-corrected chi connectivity index (χ3v) is 2.06. The minimum atomic E-state index is 0.0173. The van der Waals surface area contributed by atoms with E-state index in [4.69, 9.17) is 17.3 Å². The lowest BCUT2D eigenvalue weighted by atomic mass is 10.0. The molecule has 11 heavy (non-hydrogen) atoms. The second-order valence-electron chi connectivity index (χ2n) is 2.76. The van der Waals surface area contributed by atoms with Gasteiger partial charge in [-0.2, -0.15) is 0 Å². The first-order valence-corrected chi connectivity index (χ1v) is 4.01. The van der Waals surface area contributed by atoms with E-state index in [0.717, 1.165) is 16.1 Å². The largest absolute Gasteiger partial charge is 0.324 e. The van der Waals surface area contributed by atoms with Crippen LogP contribution in [0.15, 0.2) is 18.2 Å². The van der Waals surface area contributed by atoms with Crippen LogP contribution >= 0.6 is 11.6 Å². The van der Waals surface area contributed by atoms with Crippen molar-refractivity contribution in [1.82, 2.24) is 0 Å². The number of halogens is 1. The van der Waals surface area contributed by atoms with Crippen LogP contribution in [-0.4, -0.2) is 0 Å². The van der Waals surface area contributed by atoms with Crippen molar-refractivity contribution in [3.63, 3.8) is 0 Å². The van der Waals surface area contributed by atoms with Gasteiger partial charge in [-0.25, -0.2) is 0 Å². The summed E-state index contributed by atoms with van der Waals surface area (Å²) in [6, 6.07) is 5.84. The molecule has 0 aromatic heterocycles. The zero-order valence-corrected chi connectivity index (χ0v) is 7.52. The molecule has 60 valence electrons. The summed E-state index contributed by atoms with van der Waals surface area (Å²) in [6.45, 7) is 3.96. The molecule has 1 rings (SSSR count). The van der Waals surface area contributed by atoms with Crippen molar-refractivity contribution >= 4 is 11.6 Å². The predicted octanol–water partition coefficient (Wildman–Crippen LogP) is 2.67. The Kier molecular flexibility index (Phi) is 2.53. The van der Waals surface area contributed by atoms with Crippen LogP contribution < -0.4 is 5.73 Å². The van der Waals surface area contributed by atoms with Gasteiger partial charge in [-0.15, -0.1) is 0 Å². The molecule has 0 fully saturated rings. The van der Waals surface area contributed by atoms with E-state index >= 15 is 0 Å². The monoisotopic (exact) mass is 169 g/mol. The highest BCUT2D eigenvalue weighted by atomic mass is 35.5. The molecule has 1 aromatic rings. The summed E-state index contributed by atoms with van der Waals surface area (Å²) in [7, 11) is 0. The summed E-state index contributed by atoms with van der Waals surface area (Å²) >= 11 is 5.94. The van der Waals surface area contributed by atoms with Gasteiger partial charge in [-0.1, -0.05) is 23.7 Å². The summed E-state index contributed by atoms with van der Waals surface area (Å²) in [5, 5.41) is 0.764. The molecular weight excluding hydrogens is 158 g/mol. The van der Waals surface area contributed by atoms with E-state index in [2.05, 4.69) is 0 Å². The van der Waals surface area contributed by atoms with Gasteiger partial charge in [-0.3, -0.25) is 0 Å². The van der Waals surface area contributed by atoms with Crippen LogP contribution in [0.2, 0.25) is 5.02 Å². The standard InChI is InChI=1S/C9H12ClN/c1-6-4-3-5-8(10)9(6)7(2)11/h3-5,7H,11H2,1-2H3/t7-/m0/s1. The molecule has 0 aliphatic carbocycles. The third-order valence-electron chi connectivity index (χ3n) is 1.73. The summed E-state index contributed by atoms with van der Waals surface area (Å²) in [5.74, 6) is 0. The van der Waals surface area contributed by atoms with Crippen molar-refractivity contribution in [2.24, 2.45) is 5.73 Å². The third kappa shape index (κ3) is 1.73. The molecule has 0 unspecified atom stereocenters. The molecule has 2 N–H and O–H groups in total. The first-order chi connectivity index (χ1) is 5.13. The molecule has 0 aliphatic rings. The van der Waals surface area contributed by atoms with Crippen molar-refractivity contribution in [3.05, 3.63) is 34.3 Å². The Labute approximate surface area is 72.2 Å². The highest BCUT2D eigenvalue weighted by Crippen LogP contribution is 2.24. The lowest BCUT2D eigenvalue weighted by Gasteiger charge is -2.10. The second-order valence-corrected chi connectivity index (χ2v) is 3.17. The van der Waals surface area contributed by atoms with Crippen LogP contribution in [0.1, 0.15) is 24.1 Å². The molecule has 0 spiro atoms. The fourth-order valence-electron chi connectivity index (χ4n) is 1.22. The first kappa shape index (κ1) is 8.57. The fraction of sp³-hybridized carbons (Fsp3) is 0.333. The number of nitrogens with two attached hydrogens (primary N) is 1. The molecule has 0 aliphatic heterocycles. The number of benzene rings is 1. The maximum atomic E-state index is 5.94. The van der Waals surface area contributed by atoms with Crippen molar-refractivity contribution in [1.29, 1.82) is 0 Å². The minimum absolute atomic E-state index is 0.0173. The van der Waals surface area contributed by atoms with Gasteiger partial charge >= 0.3 is 0 Å². The summed E-state index contributed by atoms with van der Waals surface area (Å²) < 4.78 is 0. The highest BCUT2D eigenvalue weighted by molar-refractivity contribution is 6.31. The maximum absolute atomic E-state index is 5.94. The zero-order valence-electron chi connectivity index (χ0n) is 6.76. The van der Waals surface area contributed by atoms with Crippen LogP contribution in [0.5, 0.6) is 0 Å². The van der Waals surface area contributed by atoms with Gasteiger partial charge in [0.1, 0.15) is 0 Å². The van der Waals surface area contributed by atoms with Gasteiger partial charge in [0, 0.05) is 11.1 Å². The van der Waals surface area contributed by atoms with E-state index in [1.165, 1.54) is 0 Å². The molecule has 0 amide bonds. The molecule has 0 saturated carbocycles. The number of aryl methyl sites for hydroxylation is 1. The van der Waals surface area contributed by atoms with Gasteiger partial charge in [0.25, 0.3) is 0 Å². The Bertz CT molecular complexity index is 235. The molecule has 1 atom stereocenters. The maximum Gasteiger partial charge on any atom is 0.0456 e. The average molecular weight is 170 g/mol. The van der Waals surface area contributed by atoms with E-state index < -0.39 is 0 Å². The van der Waals surface area contributed by atoms with E-state index in [0.29, 0.717) is 0 Å². The zero-order chi connectivity index (χ0) is 8.43. The summed E-state index contributed by atoms with van der Waals surface area (Å²) in [5.41, 5.74) is 7.94. The predicted molar refractivity (Wildman–Crippen MR) is 48.8 cm³/mol. The van der Waals surface area contributed by atoms with E-state index in [-0.39, 0.29) is 6.04 Å². The lowest BCUT2D eigenvalue weighted by Crippen LogP contribution is -2.07. The number of rotatable bonds is 1. The van der Waals surface area contributed by atoms with Crippen molar-refractivity contribution in [2.45, 2.75) is 19.9 Å². The second kappa shape index (κ2) is 3.24.